The molecule has 0 bridgehead atoms. The molecule has 2 atom stereocenters. The summed E-state index contributed by atoms with van der Waals surface area (Å²) in [6, 6.07) is 8.54. The molecule has 1 N–H and O–H groups in total. The molecule has 0 saturated carbocycles. The summed E-state index contributed by atoms with van der Waals surface area (Å²) in [5.41, 5.74) is -1.31. The van der Waals surface area contributed by atoms with Gasteiger partial charge in [-0.1, -0.05) is 54.7 Å². The van der Waals surface area contributed by atoms with E-state index < -0.39 is 17.7 Å². The van der Waals surface area contributed by atoms with Crippen LogP contribution in [0.4, 0.5) is 13.2 Å². The molecule has 0 aromatic heterocycles. The van der Waals surface area contributed by atoms with Crippen LogP contribution in [0.15, 0.2) is 41.6 Å². The normalized spacial score (nSPS) is 20.6. The lowest BCUT2D eigenvalue weighted by Crippen LogP contribution is -2.48. The molecular formula is C23H23Cl2F3N2O2. The van der Waals surface area contributed by atoms with Crippen LogP contribution >= 0.6 is 23.2 Å². The van der Waals surface area contributed by atoms with Gasteiger partial charge in [0.25, 0.3) is 11.5 Å². The maximum atomic E-state index is 14.4. The number of rotatable bonds is 6. The molecule has 4 nitrogen and oxygen atoms in total. The summed E-state index contributed by atoms with van der Waals surface area (Å²) in [4.78, 5) is 17.5. The number of hydrogen-bond donors (Lipinski definition) is 1. The number of benzene rings is 2. The Bertz CT molecular complexity index is 1040. The number of aryl methyl sites for hydroxylation is 1. The summed E-state index contributed by atoms with van der Waals surface area (Å²) in [5, 5.41) is 6.79. The second kappa shape index (κ2) is 9.32. The Morgan fingerprint density at radius 2 is 1.84 bits per heavy atom. The standard InChI is InChI=1S/C23H23Cl2F3N2O2/c1-4-5-8-29-21(31)19-7-6-15(9-13(19)2)20-14(3)22(32-30-20,23(26,27)28)16-10-17(24)12-18(25)11-16/h6-7,9-12,14H,4-5,8H2,1-3H3,(H,29,31). The van der Waals surface area contributed by atoms with E-state index in [1.54, 1.807) is 25.1 Å². The summed E-state index contributed by atoms with van der Waals surface area (Å²) in [7, 11) is 0. The van der Waals surface area contributed by atoms with Crippen LogP contribution in [0.3, 0.4) is 0 Å². The highest BCUT2D eigenvalue weighted by Crippen LogP contribution is 2.52. The maximum absolute atomic E-state index is 14.4. The Labute approximate surface area is 194 Å². The number of halogens is 5. The van der Waals surface area contributed by atoms with Gasteiger partial charge in [-0.15, -0.1) is 0 Å². The van der Waals surface area contributed by atoms with Gasteiger partial charge in [-0.05, 0) is 49.2 Å². The van der Waals surface area contributed by atoms with Gasteiger partial charge < -0.3 is 10.2 Å². The van der Waals surface area contributed by atoms with Crippen molar-refractivity contribution in [2.45, 2.75) is 45.4 Å². The number of nitrogens with zero attached hydrogens (tertiary/aromatic N) is 1. The lowest BCUT2D eigenvalue weighted by Gasteiger charge is -2.34. The van der Waals surface area contributed by atoms with Crippen LogP contribution in [0, 0.1) is 12.8 Å². The summed E-state index contributed by atoms with van der Waals surface area (Å²) < 4.78 is 43.1. The number of carbonyl (C=O) groups is 1. The molecule has 9 heteroatoms. The summed E-state index contributed by atoms with van der Waals surface area (Å²) in [6.45, 7) is 5.71. The minimum absolute atomic E-state index is 0.0645. The van der Waals surface area contributed by atoms with E-state index in [-0.39, 0.29) is 27.2 Å². The van der Waals surface area contributed by atoms with E-state index in [0.717, 1.165) is 12.8 Å². The zero-order chi connectivity index (χ0) is 23.7. The summed E-state index contributed by atoms with van der Waals surface area (Å²) in [5.74, 6) is -1.42. The quantitative estimate of drug-likeness (QED) is 0.464. The van der Waals surface area contributed by atoms with Crippen molar-refractivity contribution in [3.8, 4) is 0 Å². The van der Waals surface area contributed by atoms with Crippen LogP contribution in [0.25, 0.3) is 0 Å². The molecule has 0 radical (unpaired) electrons. The molecule has 2 aromatic rings. The van der Waals surface area contributed by atoms with Crippen molar-refractivity contribution < 1.29 is 22.8 Å². The number of unbranched alkanes of at least 4 members (excludes halogenated alkanes) is 1. The summed E-state index contributed by atoms with van der Waals surface area (Å²) >= 11 is 11.9. The first-order valence-electron chi connectivity index (χ1n) is 10.2. The van der Waals surface area contributed by atoms with Crippen molar-refractivity contribution in [2.24, 2.45) is 11.1 Å². The smallest absolute Gasteiger partial charge is 0.374 e. The highest BCUT2D eigenvalue weighted by Gasteiger charge is 2.66. The van der Waals surface area contributed by atoms with E-state index in [0.29, 0.717) is 23.2 Å². The molecule has 3 rings (SSSR count). The van der Waals surface area contributed by atoms with Crippen LogP contribution in [0.2, 0.25) is 10.0 Å². The Hall–Kier alpha value is -2.25. The van der Waals surface area contributed by atoms with Gasteiger partial charge in [0.15, 0.2) is 0 Å². The molecule has 2 unspecified atom stereocenters. The lowest BCUT2D eigenvalue weighted by molar-refractivity contribution is -0.287. The van der Waals surface area contributed by atoms with Gasteiger partial charge >= 0.3 is 6.18 Å². The minimum atomic E-state index is -4.79. The molecular weight excluding hydrogens is 464 g/mol. The first kappa shape index (κ1) is 24.4. The van der Waals surface area contributed by atoms with E-state index in [2.05, 4.69) is 10.5 Å². The van der Waals surface area contributed by atoms with Crippen LogP contribution in [-0.2, 0) is 10.4 Å². The third kappa shape index (κ3) is 4.46. The highest BCUT2D eigenvalue weighted by molar-refractivity contribution is 6.34. The average Bonchev–Trinajstić information content (AvgIpc) is 3.05. The van der Waals surface area contributed by atoms with Crippen LogP contribution in [0.1, 0.15) is 53.7 Å². The van der Waals surface area contributed by atoms with Gasteiger partial charge in [0.2, 0.25) is 0 Å². The monoisotopic (exact) mass is 486 g/mol. The number of carbonyl (C=O) groups excluding carboxylic acids is 1. The second-order valence-corrected chi connectivity index (χ2v) is 8.69. The number of nitrogens with one attached hydrogen (secondary N) is 1. The van der Waals surface area contributed by atoms with Gasteiger partial charge in [0.1, 0.15) is 0 Å². The molecule has 0 fully saturated rings. The molecule has 172 valence electrons. The molecule has 0 saturated heterocycles. The Morgan fingerprint density at radius 3 is 2.41 bits per heavy atom. The lowest BCUT2D eigenvalue weighted by atomic mass is 9.77. The van der Waals surface area contributed by atoms with Gasteiger partial charge in [0, 0.05) is 33.3 Å². The fourth-order valence-corrected chi connectivity index (χ4v) is 4.38. The average molecular weight is 487 g/mol. The molecule has 0 aliphatic carbocycles. The van der Waals surface area contributed by atoms with Gasteiger partial charge in [-0.2, -0.15) is 13.2 Å². The first-order valence-corrected chi connectivity index (χ1v) is 11.0. The van der Waals surface area contributed by atoms with Crippen molar-refractivity contribution in [2.75, 3.05) is 6.54 Å². The molecule has 0 spiro atoms. The number of hydrogen-bond acceptors (Lipinski definition) is 3. The van der Waals surface area contributed by atoms with Crippen molar-refractivity contribution in [1.29, 1.82) is 0 Å². The highest BCUT2D eigenvalue weighted by atomic mass is 35.5. The summed E-state index contributed by atoms with van der Waals surface area (Å²) in [6.07, 6.45) is -2.98. The SMILES string of the molecule is CCCCNC(=O)c1ccc(C2=NOC(c3cc(Cl)cc(Cl)c3)(C(F)(F)F)C2C)cc1C. The zero-order valence-electron chi connectivity index (χ0n) is 17.8. The van der Waals surface area contributed by atoms with E-state index in [4.69, 9.17) is 28.0 Å². The number of oxime groups is 1. The number of amides is 1. The third-order valence-corrected chi connectivity index (χ3v) is 6.04. The van der Waals surface area contributed by atoms with E-state index in [1.807, 2.05) is 6.92 Å². The maximum Gasteiger partial charge on any atom is 0.436 e. The van der Waals surface area contributed by atoms with Gasteiger partial charge in [0.05, 0.1) is 11.6 Å². The molecule has 1 heterocycles. The van der Waals surface area contributed by atoms with Crippen molar-refractivity contribution >= 4 is 34.8 Å². The molecule has 2 aromatic carbocycles. The van der Waals surface area contributed by atoms with E-state index >= 15 is 0 Å². The largest absolute Gasteiger partial charge is 0.436 e. The Kier molecular flexibility index (Phi) is 7.10. The van der Waals surface area contributed by atoms with Crippen LogP contribution in [-0.4, -0.2) is 24.3 Å². The third-order valence-electron chi connectivity index (χ3n) is 5.60. The second-order valence-electron chi connectivity index (χ2n) is 7.82. The zero-order valence-corrected chi connectivity index (χ0v) is 19.3. The van der Waals surface area contributed by atoms with Crippen LogP contribution in [0.5, 0.6) is 0 Å². The molecule has 32 heavy (non-hydrogen) atoms. The van der Waals surface area contributed by atoms with Crippen molar-refractivity contribution in [3.63, 3.8) is 0 Å². The van der Waals surface area contributed by atoms with Gasteiger partial charge in [-0.3, -0.25) is 4.79 Å². The predicted octanol–water partition coefficient (Wildman–Crippen LogP) is 6.66. The molecule has 1 aliphatic heterocycles. The van der Waals surface area contributed by atoms with E-state index in [1.165, 1.54) is 25.1 Å². The molecule has 1 amide bonds. The first-order chi connectivity index (χ1) is 15.0. The fraction of sp³-hybridized carbons (Fsp3) is 0.391. The van der Waals surface area contributed by atoms with Crippen LogP contribution < -0.4 is 5.32 Å². The Balaban J connectivity index is 1.95. The van der Waals surface area contributed by atoms with Crippen molar-refractivity contribution in [3.05, 3.63) is 68.7 Å². The number of alkyl halides is 3. The minimum Gasteiger partial charge on any atom is -0.374 e. The Morgan fingerprint density at radius 1 is 1.19 bits per heavy atom. The van der Waals surface area contributed by atoms with Gasteiger partial charge in [-0.25, -0.2) is 0 Å². The topological polar surface area (TPSA) is 50.7 Å². The molecule has 1 aliphatic rings. The van der Waals surface area contributed by atoms with E-state index in [9.17, 15) is 18.0 Å². The van der Waals surface area contributed by atoms with Crippen molar-refractivity contribution in [1.82, 2.24) is 5.32 Å². The fourth-order valence-electron chi connectivity index (χ4n) is 3.86. The predicted molar refractivity (Wildman–Crippen MR) is 119 cm³/mol.